The second-order valence-corrected chi connectivity index (χ2v) is 8.04. The van der Waals surface area contributed by atoms with Crippen LogP contribution in [0.4, 0.5) is 0 Å². The Morgan fingerprint density at radius 1 is 1.07 bits per heavy atom. The van der Waals surface area contributed by atoms with E-state index in [4.69, 9.17) is 5.73 Å². The number of likely N-dealkylation sites (tertiary alicyclic amines) is 1. The molecule has 5 rings (SSSR count). The van der Waals surface area contributed by atoms with Gasteiger partial charge in [-0.1, -0.05) is 6.07 Å². The van der Waals surface area contributed by atoms with Gasteiger partial charge in [-0.25, -0.2) is 0 Å². The molecule has 6 nitrogen and oxygen atoms in total. The Morgan fingerprint density at radius 2 is 1.89 bits per heavy atom. The molecule has 1 saturated carbocycles. The van der Waals surface area contributed by atoms with Crippen molar-refractivity contribution in [2.75, 3.05) is 13.1 Å². The summed E-state index contributed by atoms with van der Waals surface area (Å²) >= 11 is 0. The van der Waals surface area contributed by atoms with E-state index in [1.54, 1.807) is 0 Å². The Morgan fingerprint density at radius 3 is 2.61 bits per heavy atom. The zero-order valence-corrected chi connectivity index (χ0v) is 16.0. The summed E-state index contributed by atoms with van der Waals surface area (Å²) in [4.78, 5) is 18.9. The van der Waals surface area contributed by atoms with Gasteiger partial charge in [0.05, 0.1) is 11.6 Å². The maximum Gasteiger partial charge on any atom is 0.269 e. The van der Waals surface area contributed by atoms with Crippen molar-refractivity contribution < 1.29 is 4.79 Å². The van der Waals surface area contributed by atoms with Crippen LogP contribution < -0.4 is 5.73 Å². The van der Waals surface area contributed by atoms with E-state index >= 15 is 0 Å². The van der Waals surface area contributed by atoms with Gasteiger partial charge in [-0.3, -0.25) is 19.4 Å². The summed E-state index contributed by atoms with van der Waals surface area (Å²) in [6.07, 6.45) is 9.83. The second-order valence-electron chi connectivity index (χ2n) is 8.04. The van der Waals surface area contributed by atoms with E-state index < -0.39 is 5.91 Å². The summed E-state index contributed by atoms with van der Waals surface area (Å²) in [7, 11) is 0. The lowest BCUT2D eigenvalue weighted by molar-refractivity contribution is 0.0995. The van der Waals surface area contributed by atoms with Gasteiger partial charge in [0.1, 0.15) is 0 Å². The number of nitrogens with zero attached hydrogens (tertiary/aromatic N) is 4. The Hall–Kier alpha value is -2.73. The number of carbonyl (C=O) groups excluding carboxylic acids is 1. The van der Waals surface area contributed by atoms with Gasteiger partial charge >= 0.3 is 0 Å². The summed E-state index contributed by atoms with van der Waals surface area (Å²) in [5.74, 6) is -0.471. The number of hydrogen-bond acceptors (Lipinski definition) is 4. The molecule has 3 heterocycles. The third-order valence-corrected chi connectivity index (χ3v) is 6.09. The molecule has 0 atom stereocenters. The molecule has 2 aliphatic rings. The summed E-state index contributed by atoms with van der Waals surface area (Å²) in [6, 6.07) is 8.78. The van der Waals surface area contributed by atoms with Crippen molar-refractivity contribution in [3.63, 3.8) is 0 Å². The van der Waals surface area contributed by atoms with Crippen LogP contribution in [0.5, 0.6) is 0 Å². The number of nitrogens with two attached hydrogens (primary N) is 1. The Kier molecular flexibility index (Phi) is 4.36. The molecule has 1 saturated heterocycles. The quantitative estimate of drug-likeness (QED) is 0.740. The molecular formula is C22H25N5O. The third kappa shape index (κ3) is 3.07. The van der Waals surface area contributed by atoms with Gasteiger partial charge in [0.15, 0.2) is 5.69 Å². The van der Waals surface area contributed by atoms with Crippen molar-refractivity contribution in [3.8, 4) is 11.1 Å². The van der Waals surface area contributed by atoms with Crippen molar-refractivity contribution in [2.45, 2.75) is 44.7 Å². The number of primary amides is 1. The normalized spacial score (nSPS) is 17.9. The van der Waals surface area contributed by atoms with Crippen LogP contribution in [-0.2, 0) is 6.54 Å². The van der Waals surface area contributed by atoms with Gasteiger partial charge in [0, 0.05) is 29.9 Å². The monoisotopic (exact) mass is 375 g/mol. The van der Waals surface area contributed by atoms with E-state index in [0.717, 1.165) is 41.4 Å². The molecule has 0 bridgehead atoms. The van der Waals surface area contributed by atoms with E-state index in [1.807, 2.05) is 23.1 Å². The minimum absolute atomic E-state index is 0.366. The standard InChI is InChI=1S/C22H25N5O/c23-22(28)21-19-11-16(6-7-20(19)27(25-21)18-4-3-5-18)17-10-15(12-24-13-17)14-26-8-1-2-9-26/h6-7,10-13,18H,1-5,8-9,14H2,(H2,23,28). The zero-order valence-electron chi connectivity index (χ0n) is 16.0. The number of rotatable bonds is 5. The van der Waals surface area contributed by atoms with Crippen molar-refractivity contribution in [3.05, 3.63) is 47.9 Å². The van der Waals surface area contributed by atoms with Gasteiger partial charge in [0.2, 0.25) is 0 Å². The van der Waals surface area contributed by atoms with Crippen LogP contribution in [-0.4, -0.2) is 38.7 Å². The highest BCUT2D eigenvalue weighted by Gasteiger charge is 2.25. The molecule has 1 amide bonds. The topological polar surface area (TPSA) is 77.0 Å². The predicted octanol–water partition coefficient (Wildman–Crippen LogP) is 3.52. The SMILES string of the molecule is NC(=O)c1nn(C2CCC2)c2ccc(-c3cncc(CN4CCCC4)c3)cc12. The molecular weight excluding hydrogens is 350 g/mol. The van der Waals surface area contributed by atoms with Crippen LogP contribution in [0.3, 0.4) is 0 Å². The van der Waals surface area contributed by atoms with Gasteiger partial charge in [0.25, 0.3) is 5.91 Å². The van der Waals surface area contributed by atoms with E-state index in [2.05, 4.69) is 33.2 Å². The molecule has 28 heavy (non-hydrogen) atoms. The average Bonchev–Trinajstić information content (AvgIpc) is 3.28. The molecule has 1 aliphatic carbocycles. The fraction of sp³-hybridized carbons (Fsp3) is 0.409. The Bertz CT molecular complexity index is 1030. The molecule has 2 aromatic heterocycles. The van der Waals surface area contributed by atoms with Crippen LogP contribution >= 0.6 is 0 Å². The fourth-order valence-electron chi connectivity index (χ4n) is 4.34. The molecule has 2 fully saturated rings. The molecule has 0 radical (unpaired) electrons. The van der Waals surface area contributed by atoms with E-state index in [9.17, 15) is 4.79 Å². The van der Waals surface area contributed by atoms with Crippen LogP contribution in [0.15, 0.2) is 36.7 Å². The number of fused-ring (bicyclic) bond motifs is 1. The van der Waals surface area contributed by atoms with Crippen molar-refractivity contribution in [1.29, 1.82) is 0 Å². The molecule has 144 valence electrons. The first kappa shape index (κ1) is 17.4. The molecule has 6 heteroatoms. The maximum absolute atomic E-state index is 12.0. The van der Waals surface area contributed by atoms with Crippen molar-refractivity contribution >= 4 is 16.8 Å². The Balaban J connectivity index is 1.52. The first-order valence-electron chi connectivity index (χ1n) is 10.2. The van der Waals surface area contributed by atoms with Gasteiger partial charge in [-0.2, -0.15) is 5.10 Å². The third-order valence-electron chi connectivity index (χ3n) is 6.09. The molecule has 0 unspecified atom stereocenters. The second kappa shape index (κ2) is 7.02. The largest absolute Gasteiger partial charge is 0.364 e. The smallest absolute Gasteiger partial charge is 0.269 e. The summed E-state index contributed by atoms with van der Waals surface area (Å²) < 4.78 is 1.99. The summed E-state index contributed by atoms with van der Waals surface area (Å²) in [6.45, 7) is 3.27. The molecule has 1 aromatic carbocycles. The minimum atomic E-state index is -0.471. The number of carbonyl (C=O) groups is 1. The first-order valence-corrected chi connectivity index (χ1v) is 10.2. The summed E-state index contributed by atoms with van der Waals surface area (Å²) in [5.41, 5.74) is 10.3. The van der Waals surface area contributed by atoms with E-state index in [-0.39, 0.29) is 0 Å². The highest BCUT2D eigenvalue weighted by atomic mass is 16.1. The molecule has 0 spiro atoms. The lowest BCUT2D eigenvalue weighted by Gasteiger charge is -2.26. The van der Waals surface area contributed by atoms with Crippen LogP contribution in [0.2, 0.25) is 0 Å². The van der Waals surface area contributed by atoms with E-state index in [0.29, 0.717) is 11.7 Å². The lowest BCUT2D eigenvalue weighted by atomic mass is 9.93. The Labute approximate surface area is 164 Å². The number of aromatic nitrogens is 3. The minimum Gasteiger partial charge on any atom is -0.364 e. The van der Waals surface area contributed by atoms with Gasteiger partial charge in [-0.15, -0.1) is 0 Å². The molecule has 3 aromatic rings. The van der Waals surface area contributed by atoms with Crippen molar-refractivity contribution in [2.24, 2.45) is 5.73 Å². The van der Waals surface area contributed by atoms with Crippen molar-refractivity contribution in [1.82, 2.24) is 19.7 Å². The fourth-order valence-corrected chi connectivity index (χ4v) is 4.34. The lowest BCUT2D eigenvalue weighted by Crippen LogP contribution is -2.19. The highest BCUT2D eigenvalue weighted by Crippen LogP contribution is 2.35. The van der Waals surface area contributed by atoms with E-state index in [1.165, 1.54) is 37.9 Å². The van der Waals surface area contributed by atoms with Crippen LogP contribution in [0, 0.1) is 0 Å². The number of pyridine rings is 1. The number of hydrogen-bond donors (Lipinski definition) is 1. The van der Waals surface area contributed by atoms with Crippen LogP contribution in [0.1, 0.15) is 54.2 Å². The van der Waals surface area contributed by atoms with Gasteiger partial charge < -0.3 is 5.73 Å². The number of benzene rings is 1. The predicted molar refractivity (Wildman–Crippen MR) is 109 cm³/mol. The average molecular weight is 375 g/mol. The molecule has 2 N–H and O–H groups in total. The summed E-state index contributed by atoms with van der Waals surface area (Å²) in [5, 5.41) is 5.39. The van der Waals surface area contributed by atoms with Gasteiger partial charge in [-0.05, 0) is 74.5 Å². The zero-order chi connectivity index (χ0) is 19.1. The maximum atomic E-state index is 12.0. The molecule has 1 aliphatic heterocycles. The number of amides is 1. The van der Waals surface area contributed by atoms with Crippen LogP contribution in [0.25, 0.3) is 22.0 Å². The first-order chi connectivity index (χ1) is 13.7. The highest BCUT2D eigenvalue weighted by molar-refractivity contribution is 6.05.